The first-order valence-electron chi connectivity index (χ1n) is 15.2. The van der Waals surface area contributed by atoms with Gasteiger partial charge in [-0.15, -0.1) is 0 Å². The van der Waals surface area contributed by atoms with Gasteiger partial charge in [0.05, 0.1) is 17.3 Å². The van der Waals surface area contributed by atoms with Crippen LogP contribution in [0.4, 0.5) is 26.0 Å². The first kappa shape index (κ1) is 28.9. The first-order valence-corrected chi connectivity index (χ1v) is 15.2. The van der Waals surface area contributed by atoms with E-state index in [2.05, 4.69) is 47.3 Å². The topological polar surface area (TPSA) is 123 Å². The maximum atomic E-state index is 14.1. The zero-order valence-corrected chi connectivity index (χ0v) is 24.6. The fourth-order valence-electron chi connectivity index (χ4n) is 6.16. The van der Waals surface area contributed by atoms with Crippen LogP contribution in [0, 0.1) is 11.6 Å². The van der Waals surface area contributed by atoms with Crippen LogP contribution in [-0.2, 0) is 11.2 Å². The Morgan fingerprint density at radius 2 is 1.82 bits per heavy atom. The van der Waals surface area contributed by atoms with Gasteiger partial charge in [-0.1, -0.05) is 0 Å². The highest BCUT2D eigenvalue weighted by atomic mass is 19.1. The summed E-state index contributed by atoms with van der Waals surface area (Å²) in [5, 5.41) is 25.1. The Morgan fingerprint density at radius 3 is 2.58 bits per heavy atom. The standard InChI is InChI=1S/C33H34F2N8O2/c34-23-12-20(13-24(35)15-23)11-21-14-29-31(17-28(21)22-18-37-38-19-22)41-42-32(29)40-33(44)27-2-1-26(43-7-5-36-6-8-43)16-30(27)39-25-3-9-45-10-4-25/h1-2,12-19,25,36,39H,3-11H2,(H,37,38)(H2,40,41,42,44). The second-order valence-electron chi connectivity index (χ2n) is 11.5. The number of carbonyl (C=O) groups excluding carboxylic acids is 1. The Hall–Kier alpha value is -4.81. The first-order chi connectivity index (χ1) is 22.0. The van der Waals surface area contributed by atoms with E-state index in [1.807, 2.05) is 24.3 Å². The van der Waals surface area contributed by atoms with Crippen molar-refractivity contribution in [1.29, 1.82) is 0 Å². The number of benzene rings is 3. The van der Waals surface area contributed by atoms with E-state index in [-0.39, 0.29) is 18.4 Å². The number of aromatic nitrogens is 4. The van der Waals surface area contributed by atoms with E-state index >= 15 is 0 Å². The molecular formula is C33H34F2N8O2. The van der Waals surface area contributed by atoms with Crippen LogP contribution in [-0.4, -0.2) is 71.7 Å². The lowest BCUT2D eigenvalue weighted by Gasteiger charge is -2.31. The van der Waals surface area contributed by atoms with Crippen LogP contribution in [0.3, 0.4) is 0 Å². The average Bonchev–Trinajstić information content (AvgIpc) is 3.72. The molecule has 10 nitrogen and oxygen atoms in total. The Bertz CT molecular complexity index is 1790. The molecule has 5 N–H and O–H groups in total. The minimum atomic E-state index is -0.639. The number of aromatic amines is 2. The Balaban J connectivity index is 1.22. The molecule has 2 aliphatic rings. The molecule has 5 aromatic rings. The van der Waals surface area contributed by atoms with Crippen molar-refractivity contribution in [1.82, 2.24) is 25.7 Å². The number of fused-ring (bicyclic) bond motifs is 1. The van der Waals surface area contributed by atoms with Crippen LogP contribution in [0.15, 0.2) is 60.9 Å². The van der Waals surface area contributed by atoms with Crippen molar-refractivity contribution >= 4 is 34.0 Å². The third kappa shape index (κ3) is 6.38. The van der Waals surface area contributed by atoms with Crippen molar-refractivity contribution in [2.75, 3.05) is 54.9 Å². The number of nitrogens with one attached hydrogen (secondary N) is 5. The van der Waals surface area contributed by atoms with E-state index in [9.17, 15) is 13.6 Å². The van der Waals surface area contributed by atoms with Gasteiger partial charge in [0.1, 0.15) is 11.6 Å². The van der Waals surface area contributed by atoms with E-state index in [0.717, 1.165) is 73.2 Å². The summed E-state index contributed by atoms with van der Waals surface area (Å²) in [5.41, 5.74) is 5.98. The van der Waals surface area contributed by atoms with Crippen LogP contribution >= 0.6 is 0 Å². The van der Waals surface area contributed by atoms with Crippen molar-refractivity contribution in [2.45, 2.75) is 25.3 Å². The van der Waals surface area contributed by atoms with Gasteiger partial charge in [-0.25, -0.2) is 8.78 Å². The molecule has 4 heterocycles. The summed E-state index contributed by atoms with van der Waals surface area (Å²) in [4.78, 5) is 16.2. The van der Waals surface area contributed by atoms with E-state index in [0.29, 0.717) is 41.1 Å². The van der Waals surface area contributed by atoms with Gasteiger partial charge in [0.15, 0.2) is 5.82 Å². The number of rotatable bonds is 8. The normalized spacial score (nSPS) is 15.8. The highest BCUT2D eigenvalue weighted by molar-refractivity contribution is 6.11. The quantitative estimate of drug-likeness (QED) is 0.166. The number of anilines is 3. The maximum Gasteiger partial charge on any atom is 0.258 e. The molecule has 0 unspecified atom stereocenters. The van der Waals surface area contributed by atoms with Crippen LogP contribution in [0.5, 0.6) is 0 Å². The summed E-state index contributed by atoms with van der Waals surface area (Å²) in [5.74, 6) is -1.21. The van der Waals surface area contributed by atoms with Gasteiger partial charge < -0.3 is 25.6 Å². The Morgan fingerprint density at radius 1 is 1.02 bits per heavy atom. The Labute approximate surface area is 258 Å². The minimum absolute atomic E-state index is 0.200. The smallest absolute Gasteiger partial charge is 0.258 e. The lowest BCUT2D eigenvalue weighted by molar-refractivity contribution is 0.0904. The maximum absolute atomic E-state index is 14.1. The van der Waals surface area contributed by atoms with Gasteiger partial charge >= 0.3 is 0 Å². The van der Waals surface area contributed by atoms with Crippen molar-refractivity contribution < 1.29 is 18.3 Å². The summed E-state index contributed by atoms with van der Waals surface area (Å²) < 4.78 is 33.7. The number of nitrogens with zero attached hydrogens (tertiary/aromatic N) is 3. The van der Waals surface area contributed by atoms with Crippen molar-refractivity contribution in [3.05, 3.63) is 89.2 Å². The molecule has 0 spiro atoms. The lowest BCUT2D eigenvalue weighted by Crippen LogP contribution is -2.43. The number of H-pyrrole nitrogens is 2. The van der Waals surface area contributed by atoms with Crippen molar-refractivity contribution in [3.8, 4) is 11.1 Å². The molecule has 0 aliphatic carbocycles. The zero-order valence-electron chi connectivity index (χ0n) is 24.6. The number of hydrogen-bond donors (Lipinski definition) is 5. The van der Waals surface area contributed by atoms with Crippen molar-refractivity contribution in [2.24, 2.45) is 0 Å². The number of carbonyl (C=O) groups is 1. The molecule has 1 amide bonds. The van der Waals surface area contributed by atoms with Crippen LogP contribution in [0.2, 0.25) is 0 Å². The van der Waals surface area contributed by atoms with E-state index in [1.54, 1.807) is 12.4 Å². The number of halogens is 2. The molecule has 7 rings (SSSR count). The third-order valence-electron chi connectivity index (χ3n) is 8.46. The van der Waals surface area contributed by atoms with Gasteiger partial charge in [-0.2, -0.15) is 10.2 Å². The monoisotopic (exact) mass is 612 g/mol. The highest BCUT2D eigenvalue weighted by Gasteiger charge is 2.22. The minimum Gasteiger partial charge on any atom is -0.381 e. The summed E-state index contributed by atoms with van der Waals surface area (Å²) in [7, 11) is 0. The van der Waals surface area contributed by atoms with E-state index < -0.39 is 11.6 Å². The second kappa shape index (κ2) is 12.7. The highest BCUT2D eigenvalue weighted by Crippen LogP contribution is 2.33. The van der Waals surface area contributed by atoms with Gasteiger partial charge in [0.2, 0.25) is 0 Å². The summed E-state index contributed by atoms with van der Waals surface area (Å²) in [6.45, 7) is 4.98. The molecule has 0 atom stereocenters. The number of hydrogen-bond acceptors (Lipinski definition) is 7. The average molecular weight is 613 g/mol. The summed E-state index contributed by atoms with van der Waals surface area (Å²) in [6, 6.07) is 13.4. The fraction of sp³-hybridized carbons (Fsp3) is 0.303. The van der Waals surface area contributed by atoms with Gasteiger partial charge in [0.25, 0.3) is 5.91 Å². The zero-order chi connectivity index (χ0) is 30.8. The molecule has 45 heavy (non-hydrogen) atoms. The lowest BCUT2D eigenvalue weighted by atomic mass is 9.94. The van der Waals surface area contributed by atoms with Gasteiger partial charge in [0, 0.05) is 80.0 Å². The largest absolute Gasteiger partial charge is 0.381 e. The molecule has 0 radical (unpaired) electrons. The molecule has 2 fully saturated rings. The van der Waals surface area contributed by atoms with E-state index in [1.165, 1.54) is 12.1 Å². The number of piperazine rings is 1. The molecular weight excluding hydrogens is 578 g/mol. The van der Waals surface area contributed by atoms with Gasteiger partial charge in [-0.05, 0) is 78.4 Å². The van der Waals surface area contributed by atoms with Crippen molar-refractivity contribution in [3.63, 3.8) is 0 Å². The van der Waals surface area contributed by atoms with Gasteiger partial charge in [-0.3, -0.25) is 15.0 Å². The Kier molecular flexibility index (Phi) is 8.14. The molecule has 0 saturated carbocycles. The molecule has 2 saturated heterocycles. The third-order valence-corrected chi connectivity index (χ3v) is 8.46. The molecule has 2 aliphatic heterocycles. The number of amides is 1. The summed E-state index contributed by atoms with van der Waals surface area (Å²) >= 11 is 0. The molecule has 3 aromatic carbocycles. The van der Waals surface area contributed by atoms with Crippen LogP contribution < -0.4 is 20.9 Å². The molecule has 12 heteroatoms. The fourth-order valence-corrected chi connectivity index (χ4v) is 6.16. The number of ether oxygens (including phenoxy) is 1. The van der Waals surface area contributed by atoms with Crippen LogP contribution in [0.25, 0.3) is 22.0 Å². The second-order valence-corrected chi connectivity index (χ2v) is 11.5. The summed E-state index contributed by atoms with van der Waals surface area (Å²) in [6.07, 6.45) is 5.43. The van der Waals surface area contributed by atoms with E-state index in [4.69, 9.17) is 4.74 Å². The molecule has 0 bridgehead atoms. The van der Waals surface area contributed by atoms with Crippen LogP contribution in [0.1, 0.15) is 34.3 Å². The molecule has 232 valence electrons. The predicted molar refractivity (Wildman–Crippen MR) is 170 cm³/mol. The molecule has 2 aromatic heterocycles. The SMILES string of the molecule is O=C(Nc1n[nH]c2cc(-c3cn[nH]c3)c(Cc3cc(F)cc(F)c3)cc12)c1ccc(N2CCNCC2)cc1NC1CCOCC1. The predicted octanol–water partition coefficient (Wildman–Crippen LogP) is 5.07.